The Labute approximate surface area is 230 Å². The van der Waals surface area contributed by atoms with Crippen LogP contribution in [0, 0.1) is 11.3 Å². The lowest BCUT2D eigenvalue weighted by Crippen LogP contribution is -2.29. The fourth-order valence-corrected chi connectivity index (χ4v) is 3.89. The van der Waals surface area contributed by atoms with Gasteiger partial charge in [0.15, 0.2) is 11.5 Å². The van der Waals surface area contributed by atoms with E-state index >= 15 is 0 Å². The number of fused-ring (bicyclic) bond motifs is 1. The summed E-state index contributed by atoms with van der Waals surface area (Å²) >= 11 is 0. The predicted molar refractivity (Wildman–Crippen MR) is 148 cm³/mol. The summed E-state index contributed by atoms with van der Waals surface area (Å²) in [5.41, 5.74) is 0.503. The number of hydrogen-bond acceptors (Lipinski definition) is 8. The number of ether oxygens (including phenoxy) is 3. The molecule has 1 heterocycles. The molecular weight excluding hydrogens is 512 g/mol. The number of methoxy groups -OCH3 is 1. The van der Waals surface area contributed by atoms with Gasteiger partial charge in [-0.25, -0.2) is 9.59 Å². The molecule has 0 spiro atoms. The van der Waals surface area contributed by atoms with E-state index in [9.17, 15) is 19.6 Å². The van der Waals surface area contributed by atoms with Gasteiger partial charge in [-0.3, -0.25) is 4.79 Å². The standard InChI is InChI=1S/C31H26N2O7/c1-3-38-26-12-9-21(16-28(26)37-2)15-23(19-32)30(35)39-24-11-10-22-17-25(31(36)40-27(22)18-24)29(34)33-14-13-20-7-5-4-6-8-20/h4-12,15-18H,3,13-14H2,1-2H3,(H,33,34)/b23-15+. The number of nitriles is 1. The van der Waals surface area contributed by atoms with Gasteiger partial charge >= 0.3 is 11.6 Å². The largest absolute Gasteiger partial charge is 0.493 e. The number of amides is 1. The van der Waals surface area contributed by atoms with Gasteiger partial charge in [0.2, 0.25) is 0 Å². The summed E-state index contributed by atoms with van der Waals surface area (Å²) in [7, 11) is 1.49. The average Bonchev–Trinajstić information content (AvgIpc) is 2.96. The van der Waals surface area contributed by atoms with Crippen LogP contribution < -0.4 is 25.2 Å². The molecule has 0 aliphatic heterocycles. The molecule has 1 N–H and O–H groups in total. The molecule has 0 unspecified atom stereocenters. The summed E-state index contributed by atoms with van der Waals surface area (Å²) in [4.78, 5) is 37.8. The minimum atomic E-state index is -0.897. The van der Waals surface area contributed by atoms with Crippen molar-refractivity contribution in [3.05, 3.63) is 105 Å². The average molecular weight is 539 g/mol. The van der Waals surface area contributed by atoms with Gasteiger partial charge in [-0.15, -0.1) is 0 Å². The first-order valence-electron chi connectivity index (χ1n) is 12.5. The summed E-state index contributed by atoms with van der Waals surface area (Å²) in [6.45, 7) is 2.66. The number of nitrogens with zero attached hydrogens (tertiary/aromatic N) is 1. The summed E-state index contributed by atoms with van der Waals surface area (Å²) in [6, 6.07) is 22.3. The lowest BCUT2D eigenvalue weighted by molar-refractivity contribution is -0.129. The number of carbonyl (C=O) groups is 2. The molecule has 1 amide bonds. The second-order valence-electron chi connectivity index (χ2n) is 8.54. The zero-order chi connectivity index (χ0) is 28.5. The van der Waals surface area contributed by atoms with Crippen LogP contribution in [0.3, 0.4) is 0 Å². The van der Waals surface area contributed by atoms with E-state index in [0.717, 1.165) is 5.56 Å². The van der Waals surface area contributed by atoms with Crippen LogP contribution in [0.1, 0.15) is 28.4 Å². The summed E-state index contributed by atoms with van der Waals surface area (Å²) in [5, 5.41) is 12.7. The van der Waals surface area contributed by atoms with Gasteiger partial charge < -0.3 is 23.9 Å². The van der Waals surface area contributed by atoms with Gasteiger partial charge in [0.1, 0.15) is 28.5 Å². The van der Waals surface area contributed by atoms with Gasteiger partial charge in [0.05, 0.1) is 13.7 Å². The Hall–Kier alpha value is -5.36. The molecule has 4 aromatic rings. The first-order chi connectivity index (χ1) is 19.4. The maximum absolute atomic E-state index is 12.7. The van der Waals surface area contributed by atoms with Crippen molar-refractivity contribution in [2.75, 3.05) is 20.3 Å². The zero-order valence-corrected chi connectivity index (χ0v) is 21.9. The van der Waals surface area contributed by atoms with Crippen molar-refractivity contribution in [2.24, 2.45) is 0 Å². The van der Waals surface area contributed by atoms with Crippen LogP contribution in [0.25, 0.3) is 17.0 Å². The molecular formula is C31H26N2O7. The molecule has 0 atom stereocenters. The molecule has 40 heavy (non-hydrogen) atoms. The summed E-state index contributed by atoms with van der Waals surface area (Å²) in [6.07, 6.45) is 1.98. The van der Waals surface area contributed by atoms with Crippen LogP contribution in [-0.4, -0.2) is 32.1 Å². The highest BCUT2D eigenvalue weighted by atomic mass is 16.5. The molecule has 3 aromatic carbocycles. The number of rotatable bonds is 10. The number of hydrogen-bond donors (Lipinski definition) is 1. The van der Waals surface area contributed by atoms with Crippen molar-refractivity contribution < 1.29 is 28.2 Å². The molecule has 9 heteroatoms. The van der Waals surface area contributed by atoms with Crippen molar-refractivity contribution in [2.45, 2.75) is 13.3 Å². The lowest BCUT2D eigenvalue weighted by Gasteiger charge is -2.10. The second-order valence-corrected chi connectivity index (χ2v) is 8.54. The molecule has 0 aliphatic rings. The van der Waals surface area contributed by atoms with Gasteiger partial charge in [-0.05, 0) is 60.9 Å². The molecule has 1 aromatic heterocycles. The van der Waals surface area contributed by atoms with Crippen molar-refractivity contribution in [1.82, 2.24) is 5.32 Å². The predicted octanol–water partition coefficient (Wildman–Crippen LogP) is 4.69. The smallest absolute Gasteiger partial charge is 0.354 e. The Morgan fingerprint density at radius 1 is 1.02 bits per heavy atom. The number of esters is 1. The van der Waals surface area contributed by atoms with Crippen LogP contribution in [0.5, 0.6) is 17.2 Å². The van der Waals surface area contributed by atoms with Crippen molar-refractivity contribution in [1.29, 1.82) is 5.26 Å². The topological polar surface area (TPSA) is 128 Å². The van der Waals surface area contributed by atoms with Crippen LogP contribution in [0.4, 0.5) is 0 Å². The Morgan fingerprint density at radius 3 is 2.55 bits per heavy atom. The normalized spacial score (nSPS) is 11.0. The third-order valence-electron chi connectivity index (χ3n) is 5.84. The third kappa shape index (κ3) is 6.74. The fourth-order valence-electron chi connectivity index (χ4n) is 3.89. The molecule has 4 rings (SSSR count). The van der Waals surface area contributed by atoms with E-state index in [-0.39, 0.29) is 22.5 Å². The zero-order valence-electron chi connectivity index (χ0n) is 21.9. The lowest BCUT2D eigenvalue weighted by atomic mass is 10.1. The molecule has 0 aliphatic carbocycles. The van der Waals surface area contributed by atoms with Crippen molar-refractivity contribution in [3.8, 4) is 23.3 Å². The molecule has 0 bridgehead atoms. The number of nitrogens with one attached hydrogen (secondary N) is 1. The number of carbonyl (C=O) groups excluding carboxylic acids is 2. The molecule has 0 radical (unpaired) electrons. The molecule has 202 valence electrons. The highest BCUT2D eigenvalue weighted by molar-refractivity contribution is 6.00. The van der Waals surface area contributed by atoms with Crippen LogP contribution >= 0.6 is 0 Å². The molecule has 9 nitrogen and oxygen atoms in total. The van der Waals surface area contributed by atoms with E-state index in [1.165, 1.54) is 31.4 Å². The van der Waals surface area contributed by atoms with Gasteiger partial charge in [-0.2, -0.15) is 5.26 Å². The minimum Gasteiger partial charge on any atom is -0.493 e. The third-order valence-corrected chi connectivity index (χ3v) is 5.84. The van der Waals surface area contributed by atoms with Crippen molar-refractivity contribution in [3.63, 3.8) is 0 Å². The van der Waals surface area contributed by atoms with Crippen LogP contribution in [0.15, 0.2) is 87.6 Å². The van der Waals surface area contributed by atoms with Crippen LogP contribution in [0.2, 0.25) is 0 Å². The van der Waals surface area contributed by atoms with E-state index in [1.807, 2.05) is 43.3 Å². The van der Waals surface area contributed by atoms with E-state index in [4.69, 9.17) is 18.6 Å². The maximum atomic E-state index is 12.7. The highest BCUT2D eigenvalue weighted by Gasteiger charge is 2.16. The second kappa shape index (κ2) is 12.9. The quantitative estimate of drug-likeness (QED) is 0.101. The van der Waals surface area contributed by atoms with Gasteiger partial charge in [0, 0.05) is 18.0 Å². The summed E-state index contributed by atoms with van der Waals surface area (Å²) in [5.74, 6) is -0.391. The first kappa shape index (κ1) is 27.7. The maximum Gasteiger partial charge on any atom is 0.354 e. The Morgan fingerprint density at radius 2 is 1.82 bits per heavy atom. The van der Waals surface area contributed by atoms with Crippen molar-refractivity contribution >= 4 is 28.9 Å². The van der Waals surface area contributed by atoms with E-state index < -0.39 is 17.5 Å². The monoisotopic (exact) mass is 538 g/mol. The molecule has 0 saturated carbocycles. The van der Waals surface area contributed by atoms with E-state index in [0.29, 0.717) is 42.0 Å². The minimum absolute atomic E-state index is 0.0612. The summed E-state index contributed by atoms with van der Waals surface area (Å²) < 4.78 is 21.5. The van der Waals surface area contributed by atoms with Crippen LogP contribution in [-0.2, 0) is 11.2 Å². The van der Waals surface area contributed by atoms with E-state index in [2.05, 4.69) is 5.32 Å². The SMILES string of the molecule is CCOc1ccc(/C=C(\C#N)C(=O)Oc2ccc3cc(C(=O)NCCc4ccccc4)c(=O)oc3c2)cc1OC. The highest BCUT2D eigenvalue weighted by Crippen LogP contribution is 2.29. The fraction of sp³-hybridized carbons (Fsp3) is 0.161. The number of benzene rings is 3. The van der Waals surface area contributed by atoms with Gasteiger partial charge in [0.25, 0.3) is 5.91 Å². The Balaban J connectivity index is 1.47. The van der Waals surface area contributed by atoms with E-state index in [1.54, 1.807) is 24.3 Å². The Bertz CT molecular complexity index is 1670. The molecule has 0 fully saturated rings. The first-order valence-corrected chi connectivity index (χ1v) is 12.5. The molecule has 0 saturated heterocycles. The van der Waals surface area contributed by atoms with Gasteiger partial charge in [-0.1, -0.05) is 36.4 Å². The Kier molecular flexibility index (Phi) is 8.95.